The first-order valence-corrected chi connectivity index (χ1v) is 12.6. The number of rotatable bonds is 2. The summed E-state index contributed by atoms with van der Waals surface area (Å²) in [5, 5.41) is 0.882. The van der Waals surface area contributed by atoms with Crippen LogP contribution in [-0.4, -0.2) is 33.9 Å². The number of hydrogen-bond donors (Lipinski definition) is 1. The van der Waals surface area contributed by atoms with E-state index < -0.39 is 0 Å². The van der Waals surface area contributed by atoms with E-state index in [0.717, 1.165) is 54.0 Å². The molecule has 3 heterocycles. The van der Waals surface area contributed by atoms with Crippen LogP contribution in [0.4, 0.5) is 0 Å². The number of pyridine rings is 2. The van der Waals surface area contributed by atoms with Gasteiger partial charge in [0, 0.05) is 47.8 Å². The molecule has 1 N–H and O–H groups in total. The van der Waals surface area contributed by atoms with Gasteiger partial charge in [-0.3, -0.25) is 14.6 Å². The summed E-state index contributed by atoms with van der Waals surface area (Å²) in [7, 11) is 0. The molecule has 0 aromatic carbocycles. The summed E-state index contributed by atoms with van der Waals surface area (Å²) in [5.74, 6) is 0.149. The molecule has 3 aliphatic rings. The SMILES string of the molecule is O=C(Cc1ccncc1)N1CCC(=C2C3=C(C=C(Cl)CC3)CCc3c2[nH]cc(Br)c3=O)CC1. The Labute approximate surface area is 206 Å². The summed E-state index contributed by atoms with van der Waals surface area (Å²) in [4.78, 5) is 35.2. The van der Waals surface area contributed by atoms with E-state index in [9.17, 15) is 9.59 Å². The molecular formula is C26H25BrClN3O2. The second-order valence-corrected chi connectivity index (χ2v) is 10.1. The Morgan fingerprint density at radius 2 is 1.85 bits per heavy atom. The highest BCUT2D eigenvalue weighted by atomic mass is 79.9. The van der Waals surface area contributed by atoms with Gasteiger partial charge in [0.05, 0.1) is 16.6 Å². The highest BCUT2D eigenvalue weighted by Crippen LogP contribution is 2.43. The number of amides is 1. The third-order valence-corrected chi connectivity index (χ3v) is 7.73. The van der Waals surface area contributed by atoms with Crippen LogP contribution < -0.4 is 5.43 Å². The molecule has 33 heavy (non-hydrogen) atoms. The minimum absolute atomic E-state index is 0.0572. The Bertz CT molecular complexity index is 1250. The van der Waals surface area contributed by atoms with E-state index in [2.05, 4.69) is 32.0 Å². The molecule has 1 fully saturated rings. The Morgan fingerprint density at radius 1 is 1.09 bits per heavy atom. The van der Waals surface area contributed by atoms with Crippen molar-refractivity contribution >= 4 is 39.0 Å². The Balaban J connectivity index is 1.48. The van der Waals surface area contributed by atoms with Crippen molar-refractivity contribution in [3.05, 3.63) is 90.1 Å². The van der Waals surface area contributed by atoms with E-state index in [1.54, 1.807) is 18.6 Å². The third kappa shape index (κ3) is 4.51. The van der Waals surface area contributed by atoms with Crippen molar-refractivity contribution in [1.29, 1.82) is 0 Å². The highest BCUT2D eigenvalue weighted by Gasteiger charge is 2.29. The van der Waals surface area contributed by atoms with Gasteiger partial charge in [0.25, 0.3) is 0 Å². The molecule has 0 spiro atoms. The number of carbonyl (C=O) groups excluding carboxylic acids is 1. The van der Waals surface area contributed by atoms with Crippen LogP contribution in [0.2, 0.25) is 0 Å². The molecule has 2 aliphatic carbocycles. The van der Waals surface area contributed by atoms with Gasteiger partial charge in [-0.05, 0) is 89.4 Å². The number of allylic oxidation sites excluding steroid dienone is 5. The molecule has 0 saturated carbocycles. The van der Waals surface area contributed by atoms with Crippen LogP contribution in [0.15, 0.2) is 67.8 Å². The van der Waals surface area contributed by atoms with Crippen LogP contribution in [0, 0.1) is 0 Å². The van der Waals surface area contributed by atoms with Gasteiger partial charge in [-0.25, -0.2) is 0 Å². The molecule has 2 aromatic heterocycles. The molecule has 170 valence electrons. The number of piperidine rings is 1. The van der Waals surface area contributed by atoms with Crippen molar-refractivity contribution in [2.24, 2.45) is 0 Å². The first-order chi connectivity index (χ1) is 16.0. The van der Waals surface area contributed by atoms with Gasteiger partial charge in [-0.1, -0.05) is 17.2 Å². The molecule has 1 aliphatic heterocycles. The molecule has 5 nitrogen and oxygen atoms in total. The van der Waals surface area contributed by atoms with Gasteiger partial charge in [0.1, 0.15) is 0 Å². The molecule has 0 bridgehead atoms. The fourth-order valence-electron chi connectivity index (χ4n) is 5.13. The quantitative estimate of drug-likeness (QED) is 0.577. The van der Waals surface area contributed by atoms with Crippen LogP contribution in [0.25, 0.3) is 5.57 Å². The predicted molar refractivity (Wildman–Crippen MR) is 134 cm³/mol. The van der Waals surface area contributed by atoms with Crippen LogP contribution in [-0.2, 0) is 17.6 Å². The summed E-state index contributed by atoms with van der Waals surface area (Å²) < 4.78 is 0.565. The molecule has 1 saturated heterocycles. The minimum atomic E-state index is 0.0572. The van der Waals surface area contributed by atoms with Gasteiger partial charge in [-0.15, -0.1) is 0 Å². The zero-order chi connectivity index (χ0) is 22.9. The second kappa shape index (κ2) is 9.43. The summed E-state index contributed by atoms with van der Waals surface area (Å²) >= 11 is 9.80. The lowest BCUT2D eigenvalue weighted by Gasteiger charge is -2.31. The average molecular weight is 527 g/mol. The van der Waals surface area contributed by atoms with Crippen LogP contribution in [0.5, 0.6) is 0 Å². The monoisotopic (exact) mass is 525 g/mol. The molecule has 2 aromatic rings. The Kier molecular flexibility index (Phi) is 6.39. The maximum atomic E-state index is 13.0. The molecule has 7 heteroatoms. The largest absolute Gasteiger partial charge is 0.360 e. The van der Waals surface area contributed by atoms with Gasteiger partial charge >= 0.3 is 0 Å². The fraction of sp³-hybridized carbons (Fsp3) is 0.346. The highest BCUT2D eigenvalue weighted by molar-refractivity contribution is 9.10. The smallest absolute Gasteiger partial charge is 0.227 e. The van der Waals surface area contributed by atoms with Crippen molar-refractivity contribution in [3.63, 3.8) is 0 Å². The van der Waals surface area contributed by atoms with E-state index in [4.69, 9.17) is 11.6 Å². The first kappa shape index (κ1) is 22.4. The van der Waals surface area contributed by atoms with Crippen LogP contribution in [0.1, 0.15) is 48.9 Å². The molecular weight excluding hydrogens is 502 g/mol. The van der Waals surface area contributed by atoms with Crippen molar-refractivity contribution in [2.75, 3.05) is 13.1 Å². The first-order valence-electron chi connectivity index (χ1n) is 11.4. The average Bonchev–Trinajstić information content (AvgIpc) is 2.99. The number of H-pyrrole nitrogens is 1. The number of carbonyl (C=O) groups is 1. The van der Waals surface area contributed by atoms with Gasteiger partial charge in [-0.2, -0.15) is 0 Å². The maximum Gasteiger partial charge on any atom is 0.227 e. The third-order valence-electron chi connectivity index (χ3n) is 6.84. The topological polar surface area (TPSA) is 66.1 Å². The van der Waals surface area contributed by atoms with E-state index in [0.29, 0.717) is 30.4 Å². The molecule has 5 rings (SSSR count). The fourth-order valence-corrected chi connectivity index (χ4v) is 5.71. The predicted octanol–water partition coefficient (Wildman–Crippen LogP) is 5.31. The summed E-state index contributed by atoms with van der Waals surface area (Å²) in [6, 6.07) is 3.78. The lowest BCUT2D eigenvalue weighted by atomic mass is 9.84. The lowest BCUT2D eigenvalue weighted by molar-refractivity contribution is -0.130. The summed E-state index contributed by atoms with van der Waals surface area (Å²) in [6.07, 6.45) is 12.5. The van der Waals surface area contributed by atoms with Crippen molar-refractivity contribution in [1.82, 2.24) is 14.9 Å². The maximum absolute atomic E-state index is 13.0. The Morgan fingerprint density at radius 3 is 2.61 bits per heavy atom. The number of halogens is 2. The van der Waals surface area contributed by atoms with Gasteiger partial charge in [0.2, 0.25) is 5.91 Å². The Hall–Kier alpha value is -2.44. The molecule has 0 radical (unpaired) electrons. The zero-order valence-electron chi connectivity index (χ0n) is 18.3. The van der Waals surface area contributed by atoms with E-state index in [1.807, 2.05) is 17.0 Å². The van der Waals surface area contributed by atoms with Crippen LogP contribution >= 0.6 is 27.5 Å². The van der Waals surface area contributed by atoms with E-state index >= 15 is 0 Å². The summed E-state index contributed by atoms with van der Waals surface area (Å²) in [5.41, 5.74) is 7.88. The summed E-state index contributed by atoms with van der Waals surface area (Å²) in [6.45, 7) is 1.39. The molecule has 0 atom stereocenters. The number of nitrogens with one attached hydrogen (secondary N) is 1. The number of aromatic amines is 1. The second-order valence-electron chi connectivity index (χ2n) is 8.81. The number of likely N-dealkylation sites (tertiary alicyclic amines) is 1. The van der Waals surface area contributed by atoms with Crippen molar-refractivity contribution in [2.45, 2.75) is 44.9 Å². The number of nitrogens with zero attached hydrogens (tertiary/aromatic N) is 2. The normalized spacial score (nSPS) is 18.5. The lowest BCUT2D eigenvalue weighted by Crippen LogP contribution is -2.37. The van der Waals surface area contributed by atoms with E-state index in [-0.39, 0.29) is 11.3 Å². The van der Waals surface area contributed by atoms with Crippen LogP contribution in [0.3, 0.4) is 0 Å². The minimum Gasteiger partial charge on any atom is -0.360 e. The standard InChI is InChI=1S/C26H25BrClN3O2/c27-22-15-30-25-21(26(22)33)3-1-18-14-19(28)2-4-20(18)24(25)17-7-11-31(12-8-17)23(32)13-16-5-9-29-10-6-16/h5-6,9-10,14-15H,1-4,7-8,11-13H2,(H,30,33). The zero-order valence-corrected chi connectivity index (χ0v) is 20.6. The number of hydrogen-bond acceptors (Lipinski definition) is 3. The number of fused-ring (bicyclic) bond motifs is 1. The van der Waals surface area contributed by atoms with Gasteiger partial charge in [0.15, 0.2) is 5.43 Å². The van der Waals surface area contributed by atoms with E-state index in [1.165, 1.54) is 22.3 Å². The van der Waals surface area contributed by atoms with Crippen molar-refractivity contribution < 1.29 is 4.79 Å². The molecule has 0 unspecified atom stereocenters. The van der Waals surface area contributed by atoms with Crippen molar-refractivity contribution in [3.8, 4) is 0 Å². The molecule has 1 amide bonds. The van der Waals surface area contributed by atoms with Gasteiger partial charge < -0.3 is 9.88 Å². The number of aromatic nitrogens is 2.